The monoisotopic (exact) mass is 301 g/mol. The first kappa shape index (κ1) is 13.3. The summed E-state index contributed by atoms with van der Waals surface area (Å²) >= 11 is 0. The number of hydrogen-bond donors (Lipinski definition) is 1. The lowest BCUT2D eigenvalue weighted by Gasteiger charge is -2.10. The number of sulfonamides is 1. The van der Waals surface area contributed by atoms with E-state index >= 15 is 0 Å². The predicted molar refractivity (Wildman–Crippen MR) is 79.0 cm³/mol. The van der Waals surface area contributed by atoms with Crippen molar-refractivity contribution in [1.29, 1.82) is 0 Å². The summed E-state index contributed by atoms with van der Waals surface area (Å²) in [5, 5.41) is 0.343. The van der Waals surface area contributed by atoms with Crippen LogP contribution in [0.15, 0.2) is 70.6 Å². The Kier molecular flexibility index (Phi) is 3.19. The van der Waals surface area contributed by atoms with Crippen LogP contribution < -0.4 is 10.4 Å². The molecule has 7 heteroatoms. The molecule has 21 heavy (non-hydrogen) atoms. The third-order valence-electron chi connectivity index (χ3n) is 2.94. The molecule has 0 aliphatic heterocycles. The summed E-state index contributed by atoms with van der Waals surface area (Å²) in [7, 11) is -3.83. The van der Waals surface area contributed by atoms with Gasteiger partial charge in [0.1, 0.15) is 6.33 Å². The quantitative estimate of drug-likeness (QED) is 0.791. The number of aromatic nitrogens is 2. The zero-order chi connectivity index (χ0) is 14.9. The van der Waals surface area contributed by atoms with E-state index < -0.39 is 15.6 Å². The normalized spacial score (nSPS) is 11.4. The molecular formula is C14H11N3O3S. The van der Waals surface area contributed by atoms with Crippen LogP contribution in [-0.4, -0.2) is 18.1 Å². The van der Waals surface area contributed by atoms with Gasteiger partial charge in [-0.15, -0.1) is 0 Å². The average Bonchev–Trinajstić information content (AvgIpc) is 2.51. The number of fused-ring (bicyclic) bond motifs is 1. The van der Waals surface area contributed by atoms with Crippen LogP contribution in [0, 0.1) is 0 Å². The van der Waals surface area contributed by atoms with E-state index in [2.05, 4.69) is 9.82 Å². The number of nitrogens with one attached hydrogen (secondary N) is 1. The van der Waals surface area contributed by atoms with Gasteiger partial charge in [0, 0.05) is 0 Å². The lowest BCUT2D eigenvalue weighted by Crippen LogP contribution is -2.33. The van der Waals surface area contributed by atoms with Gasteiger partial charge in [-0.3, -0.25) is 4.79 Å². The molecule has 3 aromatic rings. The minimum absolute atomic E-state index is 0.0741. The summed E-state index contributed by atoms with van der Waals surface area (Å²) in [6, 6.07) is 14.6. The van der Waals surface area contributed by atoms with Gasteiger partial charge in [0.2, 0.25) is 0 Å². The fourth-order valence-corrected chi connectivity index (χ4v) is 2.93. The molecule has 0 bridgehead atoms. The van der Waals surface area contributed by atoms with Crippen molar-refractivity contribution in [2.24, 2.45) is 0 Å². The fourth-order valence-electron chi connectivity index (χ4n) is 1.92. The number of benzene rings is 2. The maximum Gasteiger partial charge on any atom is 0.280 e. The topological polar surface area (TPSA) is 81.1 Å². The molecule has 0 fully saturated rings. The Hall–Kier alpha value is -2.67. The summed E-state index contributed by atoms with van der Waals surface area (Å²) in [5.41, 5.74) is 0.0396. The van der Waals surface area contributed by atoms with Crippen molar-refractivity contribution >= 4 is 20.9 Å². The van der Waals surface area contributed by atoms with Gasteiger partial charge in [-0.25, -0.2) is 9.82 Å². The van der Waals surface area contributed by atoms with Crippen LogP contribution in [0.1, 0.15) is 0 Å². The van der Waals surface area contributed by atoms with Gasteiger partial charge in [0.15, 0.2) is 0 Å². The molecule has 1 heterocycles. The Morgan fingerprint density at radius 1 is 0.952 bits per heavy atom. The van der Waals surface area contributed by atoms with Crippen LogP contribution in [0.2, 0.25) is 0 Å². The number of para-hydroxylation sites is 1. The Morgan fingerprint density at radius 3 is 2.38 bits per heavy atom. The van der Waals surface area contributed by atoms with Crippen molar-refractivity contribution in [2.45, 2.75) is 4.90 Å². The SMILES string of the molecule is O=c1c2ccccc2ncn1NS(=O)(=O)c1ccccc1. The Bertz CT molecular complexity index is 950. The summed E-state index contributed by atoms with van der Waals surface area (Å²) < 4.78 is 25.2. The molecule has 1 N–H and O–H groups in total. The van der Waals surface area contributed by atoms with Crippen LogP contribution >= 0.6 is 0 Å². The number of nitrogens with zero attached hydrogens (tertiary/aromatic N) is 2. The highest BCUT2D eigenvalue weighted by atomic mass is 32.2. The number of hydrogen-bond acceptors (Lipinski definition) is 4. The highest BCUT2D eigenvalue weighted by Gasteiger charge is 2.15. The fraction of sp³-hybridized carbons (Fsp3) is 0. The summed E-state index contributed by atoms with van der Waals surface area (Å²) in [6.45, 7) is 0. The first-order chi connectivity index (χ1) is 10.1. The maximum atomic E-state index is 12.2. The first-order valence-electron chi connectivity index (χ1n) is 6.12. The Morgan fingerprint density at radius 2 is 1.62 bits per heavy atom. The van der Waals surface area contributed by atoms with Crippen molar-refractivity contribution in [3.8, 4) is 0 Å². The van der Waals surface area contributed by atoms with E-state index in [0.29, 0.717) is 10.9 Å². The van der Waals surface area contributed by atoms with Crippen LogP contribution in [0.3, 0.4) is 0 Å². The zero-order valence-corrected chi connectivity index (χ0v) is 11.6. The van der Waals surface area contributed by atoms with Gasteiger partial charge in [0.05, 0.1) is 15.8 Å². The zero-order valence-electron chi connectivity index (χ0n) is 10.8. The smallest absolute Gasteiger partial charge is 0.267 e. The largest absolute Gasteiger partial charge is 0.280 e. The average molecular weight is 301 g/mol. The third-order valence-corrected chi connectivity index (χ3v) is 4.27. The highest BCUT2D eigenvalue weighted by molar-refractivity contribution is 7.92. The Labute approximate surface area is 120 Å². The number of rotatable bonds is 3. The first-order valence-corrected chi connectivity index (χ1v) is 7.60. The van der Waals surface area contributed by atoms with E-state index in [0.717, 1.165) is 11.0 Å². The van der Waals surface area contributed by atoms with Crippen LogP contribution in [-0.2, 0) is 10.0 Å². The second-order valence-corrected chi connectivity index (χ2v) is 6.01. The molecule has 2 aromatic carbocycles. The third kappa shape index (κ3) is 2.50. The van der Waals surface area contributed by atoms with E-state index in [1.165, 1.54) is 12.1 Å². The molecule has 0 amide bonds. The van der Waals surface area contributed by atoms with E-state index in [1.54, 1.807) is 42.5 Å². The van der Waals surface area contributed by atoms with Gasteiger partial charge >= 0.3 is 0 Å². The van der Waals surface area contributed by atoms with Crippen LogP contribution in [0.5, 0.6) is 0 Å². The molecule has 106 valence electrons. The molecule has 0 spiro atoms. The lowest BCUT2D eigenvalue weighted by atomic mass is 10.2. The van der Waals surface area contributed by atoms with Gasteiger partial charge < -0.3 is 0 Å². The molecule has 6 nitrogen and oxygen atoms in total. The maximum absolute atomic E-state index is 12.2. The van der Waals surface area contributed by atoms with Gasteiger partial charge in [-0.05, 0) is 24.3 Å². The standard InChI is InChI=1S/C14H11N3O3S/c18-14-12-8-4-5-9-13(12)15-10-17(14)16-21(19,20)11-6-2-1-3-7-11/h1-10,16H. The van der Waals surface area contributed by atoms with Crippen molar-refractivity contribution in [2.75, 3.05) is 4.83 Å². The minimum atomic E-state index is -3.83. The molecule has 0 atom stereocenters. The summed E-state index contributed by atoms with van der Waals surface area (Å²) in [6.07, 6.45) is 1.16. The Balaban J connectivity index is 2.07. The van der Waals surface area contributed by atoms with Crippen molar-refractivity contribution in [3.63, 3.8) is 0 Å². The molecule has 0 saturated carbocycles. The van der Waals surface area contributed by atoms with E-state index in [-0.39, 0.29) is 4.90 Å². The minimum Gasteiger partial charge on any atom is -0.267 e. The van der Waals surface area contributed by atoms with Crippen LogP contribution in [0.25, 0.3) is 10.9 Å². The van der Waals surface area contributed by atoms with Gasteiger partial charge in [0.25, 0.3) is 15.6 Å². The van der Waals surface area contributed by atoms with E-state index in [1.807, 2.05) is 0 Å². The van der Waals surface area contributed by atoms with E-state index in [9.17, 15) is 13.2 Å². The highest BCUT2D eigenvalue weighted by Crippen LogP contribution is 2.09. The van der Waals surface area contributed by atoms with Gasteiger partial charge in [-0.2, -0.15) is 13.1 Å². The molecule has 0 radical (unpaired) electrons. The molecule has 0 aliphatic carbocycles. The van der Waals surface area contributed by atoms with Gasteiger partial charge in [-0.1, -0.05) is 30.3 Å². The predicted octanol–water partition coefficient (Wildman–Crippen LogP) is 1.33. The molecular weight excluding hydrogens is 290 g/mol. The van der Waals surface area contributed by atoms with Crippen molar-refractivity contribution < 1.29 is 8.42 Å². The molecule has 0 aliphatic rings. The molecule has 0 saturated heterocycles. The molecule has 1 aromatic heterocycles. The molecule has 0 unspecified atom stereocenters. The van der Waals surface area contributed by atoms with Crippen molar-refractivity contribution in [1.82, 2.24) is 9.66 Å². The lowest BCUT2D eigenvalue weighted by molar-refractivity contribution is 0.594. The summed E-state index contributed by atoms with van der Waals surface area (Å²) in [4.78, 5) is 18.6. The van der Waals surface area contributed by atoms with E-state index in [4.69, 9.17) is 0 Å². The molecule has 3 rings (SSSR count). The van der Waals surface area contributed by atoms with Crippen LogP contribution in [0.4, 0.5) is 0 Å². The second kappa shape index (κ2) is 5.02. The van der Waals surface area contributed by atoms with Crippen molar-refractivity contribution in [3.05, 3.63) is 71.3 Å². The second-order valence-electron chi connectivity index (χ2n) is 4.34. The summed E-state index contributed by atoms with van der Waals surface area (Å²) in [5.74, 6) is 0.